The van der Waals surface area contributed by atoms with Crippen molar-refractivity contribution in [2.24, 2.45) is 5.41 Å². The van der Waals surface area contributed by atoms with Crippen LogP contribution in [0.5, 0.6) is 5.75 Å². The molecule has 0 bridgehead atoms. The Kier molecular flexibility index (Phi) is 10.1. The van der Waals surface area contributed by atoms with Crippen LogP contribution in [0.2, 0.25) is 0 Å². The van der Waals surface area contributed by atoms with E-state index in [2.05, 4.69) is 20.9 Å². The van der Waals surface area contributed by atoms with Gasteiger partial charge in [0.05, 0.1) is 28.2 Å². The van der Waals surface area contributed by atoms with Crippen LogP contribution in [0.3, 0.4) is 0 Å². The molecule has 270 valence electrons. The van der Waals surface area contributed by atoms with Gasteiger partial charge >= 0.3 is 6.09 Å². The van der Waals surface area contributed by atoms with Crippen molar-refractivity contribution >= 4 is 46.1 Å². The molecule has 6 rings (SSSR count). The maximum absolute atomic E-state index is 14.1. The number of hydrogen-bond donors (Lipinski definition) is 5. The van der Waals surface area contributed by atoms with Crippen LogP contribution in [-0.4, -0.2) is 80.8 Å². The number of aliphatic hydroxyl groups excluding tert-OH is 1. The Morgan fingerprint density at radius 1 is 1.04 bits per heavy atom. The van der Waals surface area contributed by atoms with Crippen LogP contribution in [0.15, 0.2) is 58.5 Å². The van der Waals surface area contributed by atoms with E-state index in [4.69, 9.17) is 14.3 Å². The van der Waals surface area contributed by atoms with Crippen LogP contribution >= 0.6 is 11.3 Å². The monoisotopic (exact) mass is 717 g/mol. The Bertz CT molecular complexity index is 1930. The molecule has 3 heterocycles. The van der Waals surface area contributed by atoms with Gasteiger partial charge in [0, 0.05) is 37.2 Å². The molecule has 4 atom stereocenters. The van der Waals surface area contributed by atoms with Crippen molar-refractivity contribution in [2.75, 3.05) is 6.54 Å². The van der Waals surface area contributed by atoms with Gasteiger partial charge < -0.3 is 40.2 Å². The SMILES string of the molecule is Cc1ncsc1-c1ccc(C(C)NC(=O)[C@@H]2C[C@@H](O)CN2C(=O)C(NC(=O)c2cc3cc(OC4CC(NC(=O)O)C4)ccc3o2)C(C)(C)C)cc1. The number of aryl methyl sites for hydroxylation is 1. The number of nitrogens with zero attached hydrogens (tertiary/aromatic N) is 2. The molecule has 0 spiro atoms. The molecule has 2 aromatic carbocycles. The van der Waals surface area contributed by atoms with Crippen molar-refractivity contribution in [1.29, 1.82) is 0 Å². The number of thiazole rings is 1. The van der Waals surface area contributed by atoms with Gasteiger partial charge in [-0.05, 0) is 54.7 Å². The van der Waals surface area contributed by atoms with Gasteiger partial charge in [-0.25, -0.2) is 9.78 Å². The topological polar surface area (TPSA) is 183 Å². The zero-order valence-electron chi connectivity index (χ0n) is 29.1. The molecule has 1 saturated heterocycles. The summed E-state index contributed by atoms with van der Waals surface area (Å²) in [5, 5.41) is 28.4. The Balaban J connectivity index is 1.11. The van der Waals surface area contributed by atoms with Crippen LogP contribution in [0.4, 0.5) is 4.79 Å². The number of likely N-dealkylation sites (tertiary alicyclic amines) is 1. The second-order valence-electron chi connectivity index (χ2n) is 14.5. The summed E-state index contributed by atoms with van der Waals surface area (Å²) in [4.78, 5) is 58.9. The van der Waals surface area contributed by atoms with Crippen LogP contribution in [0.25, 0.3) is 21.4 Å². The molecule has 2 unspecified atom stereocenters. The molecule has 14 heteroatoms. The summed E-state index contributed by atoms with van der Waals surface area (Å²) in [6.45, 7) is 9.23. The lowest BCUT2D eigenvalue weighted by atomic mass is 9.85. The van der Waals surface area contributed by atoms with Gasteiger partial charge in [-0.15, -0.1) is 11.3 Å². The fourth-order valence-corrected chi connectivity index (χ4v) is 7.38. The van der Waals surface area contributed by atoms with E-state index in [-0.39, 0.29) is 42.8 Å². The Hall–Kier alpha value is -4.95. The van der Waals surface area contributed by atoms with Gasteiger partial charge in [-0.2, -0.15) is 0 Å². The van der Waals surface area contributed by atoms with Crippen molar-refractivity contribution in [1.82, 2.24) is 25.8 Å². The average molecular weight is 718 g/mol. The van der Waals surface area contributed by atoms with E-state index < -0.39 is 41.5 Å². The third-order valence-corrected chi connectivity index (χ3v) is 10.4. The Morgan fingerprint density at radius 3 is 2.41 bits per heavy atom. The number of fused-ring (bicyclic) bond motifs is 1. The van der Waals surface area contributed by atoms with E-state index in [0.29, 0.717) is 29.6 Å². The summed E-state index contributed by atoms with van der Waals surface area (Å²) in [6.07, 6.45) is -0.897. The fraction of sp³-hybridized carbons (Fsp3) is 0.432. The van der Waals surface area contributed by atoms with E-state index in [1.807, 2.05) is 64.4 Å². The first-order valence-corrected chi connectivity index (χ1v) is 17.8. The molecule has 2 aromatic heterocycles. The highest BCUT2D eigenvalue weighted by Gasteiger charge is 2.45. The second kappa shape index (κ2) is 14.3. The van der Waals surface area contributed by atoms with Crippen molar-refractivity contribution in [3.63, 3.8) is 0 Å². The number of nitrogens with one attached hydrogen (secondary N) is 3. The molecule has 2 aliphatic rings. The number of carbonyl (C=O) groups excluding carboxylic acids is 3. The van der Waals surface area contributed by atoms with Crippen molar-refractivity contribution in [2.45, 2.75) is 90.3 Å². The predicted molar refractivity (Wildman–Crippen MR) is 190 cm³/mol. The molecule has 0 radical (unpaired) electrons. The summed E-state index contributed by atoms with van der Waals surface area (Å²) < 4.78 is 11.8. The van der Waals surface area contributed by atoms with Crippen molar-refractivity contribution in [3.8, 4) is 16.2 Å². The molecule has 2 fully saturated rings. The number of benzene rings is 2. The lowest BCUT2D eigenvalue weighted by Gasteiger charge is -2.35. The number of carbonyl (C=O) groups is 4. The van der Waals surface area contributed by atoms with E-state index in [1.54, 1.807) is 35.6 Å². The molecule has 1 aliphatic heterocycles. The summed E-state index contributed by atoms with van der Waals surface area (Å²) in [7, 11) is 0. The predicted octanol–water partition coefficient (Wildman–Crippen LogP) is 5.03. The minimum Gasteiger partial charge on any atom is -0.490 e. The number of aliphatic hydroxyl groups is 1. The maximum Gasteiger partial charge on any atom is 0.404 e. The average Bonchev–Trinajstić information content (AvgIpc) is 3.79. The van der Waals surface area contributed by atoms with Gasteiger partial charge in [0.2, 0.25) is 11.8 Å². The van der Waals surface area contributed by atoms with Crippen LogP contribution in [0.1, 0.15) is 74.8 Å². The van der Waals surface area contributed by atoms with Gasteiger partial charge in [0.15, 0.2) is 5.76 Å². The summed E-state index contributed by atoms with van der Waals surface area (Å²) in [5.74, 6) is -0.910. The molecule has 13 nitrogen and oxygen atoms in total. The highest BCUT2D eigenvalue weighted by molar-refractivity contribution is 7.13. The zero-order chi connectivity index (χ0) is 36.6. The zero-order valence-corrected chi connectivity index (χ0v) is 30.0. The van der Waals surface area contributed by atoms with Crippen LogP contribution in [0, 0.1) is 12.3 Å². The van der Waals surface area contributed by atoms with Crippen LogP contribution in [-0.2, 0) is 9.59 Å². The lowest BCUT2D eigenvalue weighted by molar-refractivity contribution is -0.142. The molecule has 1 saturated carbocycles. The molecular weight excluding hydrogens is 675 g/mol. The number of ether oxygens (including phenoxy) is 1. The Labute approximate surface area is 299 Å². The normalized spacial score (nSPS) is 21.4. The van der Waals surface area contributed by atoms with Crippen molar-refractivity contribution in [3.05, 3.63) is 71.1 Å². The molecule has 51 heavy (non-hydrogen) atoms. The number of carboxylic acid groups (broad SMARTS) is 1. The largest absolute Gasteiger partial charge is 0.490 e. The van der Waals surface area contributed by atoms with Gasteiger partial charge in [0.1, 0.15) is 29.5 Å². The third-order valence-electron chi connectivity index (χ3n) is 9.47. The van der Waals surface area contributed by atoms with E-state index in [1.165, 1.54) is 4.90 Å². The van der Waals surface area contributed by atoms with E-state index in [0.717, 1.165) is 21.7 Å². The smallest absolute Gasteiger partial charge is 0.404 e. The summed E-state index contributed by atoms with van der Waals surface area (Å²) >= 11 is 1.57. The fourth-order valence-electron chi connectivity index (χ4n) is 6.57. The molecule has 5 N–H and O–H groups in total. The first kappa shape index (κ1) is 35.9. The quantitative estimate of drug-likeness (QED) is 0.150. The van der Waals surface area contributed by atoms with E-state index in [9.17, 15) is 24.3 Å². The highest BCUT2D eigenvalue weighted by atomic mass is 32.1. The third kappa shape index (κ3) is 8.02. The maximum atomic E-state index is 14.1. The number of furan rings is 1. The molecule has 4 amide bonds. The number of rotatable bonds is 10. The first-order valence-electron chi connectivity index (χ1n) is 17.0. The standard InChI is InChI=1S/C37H43N5O8S/c1-19(21-6-8-22(9-7-21)31-20(2)38-18-51-31)39-33(44)28-16-25(43)17-42(28)35(46)32(37(3,4)5)41-34(45)30-13-23-12-26(10-11-29(23)50-30)49-27-14-24(15-27)40-36(47)48/h6-13,18-19,24-25,27-28,32,40,43H,14-17H2,1-5H3,(H,39,44)(H,41,45)(H,47,48)/t19?,24?,25-,27?,28+,32?/m1/s1. The van der Waals surface area contributed by atoms with Crippen LogP contribution < -0.4 is 20.7 Å². The minimum absolute atomic E-state index is 0.000313. The Morgan fingerprint density at radius 2 is 1.76 bits per heavy atom. The number of β-amino-alcohol motifs (C(OH)–C–C–N with tert-alkyl or cyclic N) is 1. The summed E-state index contributed by atoms with van der Waals surface area (Å²) in [6, 6.07) is 12.1. The number of hydrogen-bond acceptors (Lipinski definition) is 9. The lowest BCUT2D eigenvalue weighted by Crippen LogP contribution is -2.57. The second-order valence-corrected chi connectivity index (χ2v) is 15.3. The molecule has 1 aliphatic carbocycles. The number of amides is 4. The minimum atomic E-state index is -1.06. The van der Waals surface area contributed by atoms with Gasteiger partial charge in [-0.3, -0.25) is 14.4 Å². The van der Waals surface area contributed by atoms with Gasteiger partial charge in [-0.1, -0.05) is 45.0 Å². The molecular formula is C37H43N5O8S. The first-order chi connectivity index (χ1) is 24.2. The number of aromatic nitrogens is 1. The molecule has 4 aromatic rings. The van der Waals surface area contributed by atoms with Gasteiger partial charge in [0.25, 0.3) is 5.91 Å². The highest BCUT2D eigenvalue weighted by Crippen LogP contribution is 2.32. The van der Waals surface area contributed by atoms with Crippen molar-refractivity contribution < 1.29 is 38.5 Å². The van der Waals surface area contributed by atoms with E-state index >= 15 is 0 Å². The summed E-state index contributed by atoms with van der Waals surface area (Å²) in [5.41, 5.74) is 4.39.